The lowest BCUT2D eigenvalue weighted by Gasteiger charge is -2.30. The molecule has 0 bridgehead atoms. The molecule has 3 aromatic rings. The van der Waals surface area contributed by atoms with E-state index >= 15 is 0 Å². The highest BCUT2D eigenvalue weighted by atomic mass is 35.5. The van der Waals surface area contributed by atoms with E-state index in [9.17, 15) is 4.79 Å². The molecule has 1 fully saturated rings. The van der Waals surface area contributed by atoms with Gasteiger partial charge in [0, 0.05) is 35.2 Å². The Bertz CT molecular complexity index is 961. The normalized spacial score (nSPS) is 15.1. The molecule has 0 spiro atoms. The van der Waals surface area contributed by atoms with Crippen LogP contribution >= 0.6 is 11.6 Å². The zero-order chi connectivity index (χ0) is 18.8. The summed E-state index contributed by atoms with van der Waals surface area (Å²) in [6.07, 6.45) is 1.63. The van der Waals surface area contributed by atoms with E-state index in [2.05, 4.69) is 10.1 Å². The van der Waals surface area contributed by atoms with Crippen LogP contribution in [0, 0.1) is 6.92 Å². The number of piperidine rings is 1. The van der Waals surface area contributed by atoms with Crippen LogP contribution in [0.1, 0.15) is 40.6 Å². The summed E-state index contributed by atoms with van der Waals surface area (Å²) in [6.45, 7) is 3.34. The first kappa shape index (κ1) is 17.7. The maximum Gasteiger partial charge on any atom is 0.254 e. The predicted molar refractivity (Wildman–Crippen MR) is 104 cm³/mol. The van der Waals surface area contributed by atoms with Gasteiger partial charge in [-0.15, -0.1) is 0 Å². The predicted octanol–water partition coefficient (Wildman–Crippen LogP) is 4.72. The quantitative estimate of drug-likeness (QED) is 0.658. The van der Waals surface area contributed by atoms with Crippen molar-refractivity contribution < 1.29 is 9.32 Å². The monoisotopic (exact) mass is 381 g/mol. The molecule has 0 saturated carbocycles. The largest absolute Gasteiger partial charge is 0.339 e. The maximum atomic E-state index is 12.7. The highest BCUT2D eigenvalue weighted by Crippen LogP contribution is 2.29. The summed E-state index contributed by atoms with van der Waals surface area (Å²) in [5, 5.41) is 4.73. The molecule has 0 atom stereocenters. The van der Waals surface area contributed by atoms with Gasteiger partial charge >= 0.3 is 0 Å². The molecule has 2 heterocycles. The highest BCUT2D eigenvalue weighted by Gasteiger charge is 2.28. The molecule has 0 N–H and O–H groups in total. The smallest absolute Gasteiger partial charge is 0.254 e. The summed E-state index contributed by atoms with van der Waals surface area (Å²) < 4.78 is 5.49. The van der Waals surface area contributed by atoms with Crippen LogP contribution in [0.15, 0.2) is 53.1 Å². The van der Waals surface area contributed by atoms with E-state index in [1.807, 2.05) is 60.4 Å². The first-order valence-electron chi connectivity index (χ1n) is 9.06. The van der Waals surface area contributed by atoms with Crippen molar-refractivity contribution in [2.45, 2.75) is 25.7 Å². The van der Waals surface area contributed by atoms with Gasteiger partial charge in [0.1, 0.15) is 0 Å². The number of halogens is 1. The summed E-state index contributed by atoms with van der Waals surface area (Å²) in [5.74, 6) is 1.45. The topological polar surface area (TPSA) is 59.2 Å². The summed E-state index contributed by atoms with van der Waals surface area (Å²) in [4.78, 5) is 19.2. The lowest BCUT2D eigenvalue weighted by molar-refractivity contribution is 0.0704. The van der Waals surface area contributed by atoms with Crippen molar-refractivity contribution in [3.63, 3.8) is 0 Å². The number of aromatic nitrogens is 2. The molecule has 27 heavy (non-hydrogen) atoms. The highest BCUT2D eigenvalue weighted by molar-refractivity contribution is 6.30. The van der Waals surface area contributed by atoms with Gasteiger partial charge < -0.3 is 9.42 Å². The van der Waals surface area contributed by atoms with Crippen molar-refractivity contribution in [2.24, 2.45) is 0 Å². The summed E-state index contributed by atoms with van der Waals surface area (Å²) in [7, 11) is 0. The Labute approximate surface area is 163 Å². The van der Waals surface area contributed by atoms with E-state index in [0.717, 1.165) is 29.5 Å². The maximum absolute atomic E-state index is 12.7. The molecular formula is C21H20ClN3O2. The third-order valence-corrected chi connectivity index (χ3v) is 5.27. The van der Waals surface area contributed by atoms with Crippen LogP contribution in [-0.4, -0.2) is 34.0 Å². The minimum Gasteiger partial charge on any atom is -0.339 e. The third-order valence-electron chi connectivity index (χ3n) is 5.03. The zero-order valence-electron chi connectivity index (χ0n) is 15.1. The average molecular weight is 382 g/mol. The molecule has 4 rings (SSSR count). The fourth-order valence-corrected chi connectivity index (χ4v) is 3.65. The Morgan fingerprint density at radius 2 is 1.93 bits per heavy atom. The van der Waals surface area contributed by atoms with Gasteiger partial charge in [-0.1, -0.05) is 47.1 Å². The van der Waals surface area contributed by atoms with Crippen molar-refractivity contribution in [2.75, 3.05) is 13.1 Å². The zero-order valence-corrected chi connectivity index (χ0v) is 15.8. The van der Waals surface area contributed by atoms with E-state index in [1.165, 1.54) is 0 Å². The van der Waals surface area contributed by atoms with Crippen molar-refractivity contribution in [1.82, 2.24) is 15.0 Å². The van der Waals surface area contributed by atoms with Gasteiger partial charge in [-0.3, -0.25) is 4.79 Å². The average Bonchev–Trinajstić information content (AvgIpc) is 3.18. The van der Waals surface area contributed by atoms with Gasteiger partial charge in [0.25, 0.3) is 5.91 Å². The summed E-state index contributed by atoms with van der Waals surface area (Å²) >= 11 is 6.03. The Morgan fingerprint density at radius 3 is 2.67 bits per heavy atom. The van der Waals surface area contributed by atoms with Crippen molar-refractivity contribution >= 4 is 17.5 Å². The molecule has 0 radical (unpaired) electrons. The van der Waals surface area contributed by atoms with Crippen LogP contribution in [0.3, 0.4) is 0 Å². The number of benzene rings is 2. The van der Waals surface area contributed by atoms with Gasteiger partial charge in [0.15, 0.2) is 0 Å². The molecule has 1 aliphatic heterocycles. The molecule has 5 nitrogen and oxygen atoms in total. The number of amides is 1. The molecule has 1 aliphatic rings. The summed E-state index contributed by atoms with van der Waals surface area (Å²) in [5.41, 5.74) is 2.62. The van der Waals surface area contributed by atoms with Gasteiger partial charge in [-0.2, -0.15) is 4.98 Å². The minimum atomic E-state index is 0.0942. The molecule has 138 valence electrons. The van der Waals surface area contributed by atoms with Crippen molar-refractivity contribution in [3.05, 3.63) is 70.6 Å². The molecular weight excluding hydrogens is 362 g/mol. The number of nitrogens with zero attached hydrogens (tertiary/aromatic N) is 3. The SMILES string of the molecule is Cc1ccccc1C(=O)N1CCC(c2nc(-c3cccc(Cl)c3)no2)CC1. The Balaban J connectivity index is 1.43. The van der Waals surface area contributed by atoms with Crippen LogP contribution in [-0.2, 0) is 0 Å². The number of carbonyl (C=O) groups is 1. The minimum absolute atomic E-state index is 0.0942. The fourth-order valence-electron chi connectivity index (χ4n) is 3.46. The van der Waals surface area contributed by atoms with E-state index in [0.29, 0.717) is 29.8 Å². The molecule has 1 aromatic heterocycles. The second kappa shape index (κ2) is 7.53. The van der Waals surface area contributed by atoms with Crippen molar-refractivity contribution in [1.29, 1.82) is 0 Å². The number of hydrogen-bond donors (Lipinski definition) is 0. The Kier molecular flexibility index (Phi) is 4.94. The number of hydrogen-bond acceptors (Lipinski definition) is 4. The lowest BCUT2D eigenvalue weighted by Crippen LogP contribution is -2.38. The molecule has 0 aliphatic carbocycles. The Morgan fingerprint density at radius 1 is 1.15 bits per heavy atom. The summed E-state index contributed by atoms with van der Waals surface area (Å²) in [6, 6.07) is 15.1. The molecule has 0 unspecified atom stereocenters. The number of carbonyl (C=O) groups excluding carboxylic acids is 1. The third kappa shape index (κ3) is 3.74. The second-order valence-electron chi connectivity index (χ2n) is 6.85. The molecule has 1 amide bonds. The van der Waals surface area contributed by atoms with Gasteiger partial charge in [-0.05, 0) is 43.5 Å². The second-order valence-corrected chi connectivity index (χ2v) is 7.28. The van der Waals surface area contributed by atoms with Crippen molar-refractivity contribution in [3.8, 4) is 11.4 Å². The molecule has 6 heteroatoms. The van der Waals surface area contributed by atoms with Crippen LogP contribution in [0.4, 0.5) is 0 Å². The number of likely N-dealkylation sites (tertiary alicyclic amines) is 1. The standard InChI is InChI=1S/C21H20ClN3O2/c1-14-5-2-3-8-18(14)21(26)25-11-9-15(10-12-25)20-23-19(24-27-20)16-6-4-7-17(22)13-16/h2-8,13,15H,9-12H2,1H3. The van der Waals surface area contributed by atoms with Crippen LogP contribution < -0.4 is 0 Å². The number of aryl methyl sites for hydroxylation is 1. The Hall–Kier alpha value is -2.66. The van der Waals surface area contributed by atoms with E-state index < -0.39 is 0 Å². The van der Waals surface area contributed by atoms with E-state index in [4.69, 9.17) is 16.1 Å². The van der Waals surface area contributed by atoms with Crippen LogP contribution in [0.5, 0.6) is 0 Å². The molecule has 1 saturated heterocycles. The van der Waals surface area contributed by atoms with Gasteiger partial charge in [0.05, 0.1) is 0 Å². The van der Waals surface area contributed by atoms with Crippen LogP contribution in [0.2, 0.25) is 5.02 Å². The lowest BCUT2D eigenvalue weighted by atomic mass is 9.96. The first-order valence-corrected chi connectivity index (χ1v) is 9.44. The van der Waals surface area contributed by atoms with E-state index in [-0.39, 0.29) is 11.8 Å². The van der Waals surface area contributed by atoms with Gasteiger partial charge in [-0.25, -0.2) is 0 Å². The van der Waals surface area contributed by atoms with Gasteiger partial charge in [0.2, 0.25) is 11.7 Å². The van der Waals surface area contributed by atoms with Crippen LogP contribution in [0.25, 0.3) is 11.4 Å². The van der Waals surface area contributed by atoms with E-state index in [1.54, 1.807) is 0 Å². The molecule has 2 aromatic carbocycles. The first-order chi connectivity index (χ1) is 13.1. The number of rotatable bonds is 3. The fraction of sp³-hybridized carbons (Fsp3) is 0.286.